The number of ether oxygens (including phenoxy) is 1. The van der Waals surface area contributed by atoms with Gasteiger partial charge in [-0.25, -0.2) is 9.59 Å². The van der Waals surface area contributed by atoms with Crippen molar-refractivity contribution >= 4 is 22.8 Å². The topological polar surface area (TPSA) is 115 Å². The second-order valence-corrected chi connectivity index (χ2v) is 6.61. The highest BCUT2D eigenvalue weighted by Gasteiger charge is 2.20. The van der Waals surface area contributed by atoms with Crippen LogP contribution >= 0.6 is 0 Å². The molecule has 27 heavy (non-hydrogen) atoms. The second-order valence-electron chi connectivity index (χ2n) is 6.61. The molecule has 3 rings (SSSR count). The third-order valence-corrected chi connectivity index (χ3v) is 4.43. The molecule has 0 aliphatic carbocycles. The number of hydrogen-bond donors (Lipinski definition) is 3. The Morgan fingerprint density at radius 2 is 1.93 bits per heavy atom. The van der Waals surface area contributed by atoms with Crippen molar-refractivity contribution in [3.8, 4) is 5.75 Å². The van der Waals surface area contributed by atoms with E-state index in [1.807, 2.05) is 0 Å². The van der Waals surface area contributed by atoms with Crippen LogP contribution in [0, 0.1) is 0 Å². The lowest BCUT2D eigenvalue weighted by Crippen LogP contribution is -2.19. The van der Waals surface area contributed by atoms with Gasteiger partial charge in [0.15, 0.2) is 0 Å². The smallest absolute Gasteiger partial charge is 0.328 e. The maximum Gasteiger partial charge on any atom is 0.328 e. The SMILES string of the molecule is COc1ccc2c(c1)c(CC(C)N)c1n2CCCC1.O=C(O)/C=C/C(=O)O. The van der Waals surface area contributed by atoms with Crippen molar-refractivity contribution in [3.05, 3.63) is 41.6 Å². The van der Waals surface area contributed by atoms with Gasteiger partial charge in [-0.05, 0) is 56.4 Å². The van der Waals surface area contributed by atoms with Crippen molar-refractivity contribution in [2.75, 3.05) is 7.11 Å². The van der Waals surface area contributed by atoms with Gasteiger partial charge in [-0.1, -0.05) is 0 Å². The van der Waals surface area contributed by atoms with Crippen molar-refractivity contribution < 1.29 is 24.5 Å². The summed E-state index contributed by atoms with van der Waals surface area (Å²) in [6, 6.07) is 6.61. The summed E-state index contributed by atoms with van der Waals surface area (Å²) in [7, 11) is 1.72. The van der Waals surface area contributed by atoms with Crippen LogP contribution in [0.3, 0.4) is 0 Å². The van der Waals surface area contributed by atoms with E-state index in [9.17, 15) is 9.59 Å². The molecule has 2 heterocycles. The lowest BCUT2D eigenvalue weighted by atomic mass is 10.00. The summed E-state index contributed by atoms with van der Waals surface area (Å²) in [5.41, 5.74) is 10.3. The van der Waals surface area contributed by atoms with Gasteiger partial charge in [0.25, 0.3) is 0 Å². The van der Waals surface area contributed by atoms with Crippen LogP contribution in [0.15, 0.2) is 30.4 Å². The molecule has 7 heteroatoms. The number of aryl methyl sites for hydroxylation is 1. The Morgan fingerprint density at radius 3 is 2.48 bits per heavy atom. The fraction of sp³-hybridized carbons (Fsp3) is 0.400. The zero-order chi connectivity index (χ0) is 20.0. The minimum atomic E-state index is -1.26. The molecule has 0 saturated heterocycles. The minimum Gasteiger partial charge on any atom is -0.497 e. The predicted molar refractivity (Wildman–Crippen MR) is 103 cm³/mol. The average molecular weight is 374 g/mol. The van der Waals surface area contributed by atoms with E-state index in [-0.39, 0.29) is 6.04 Å². The maximum absolute atomic E-state index is 9.55. The fourth-order valence-corrected chi connectivity index (χ4v) is 3.38. The molecule has 1 atom stereocenters. The third kappa shape index (κ3) is 5.34. The first-order valence-electron chi connectivity index (χ1n) is 8.91. The average Bonchev–Trinajstić information content (AvgIpc) is 2.93. The van der Waals surface area contributed by atoms with Gasteiger partial charge in [-0.3, -0.25) is 0 Å². The summed E-state index contributed by atoms with van der Waals surface area (Å²) in [4.78, 5) is 19.1. The number of rotatable bonds is 5. The zero-order valence-corrected chi connectivity index (χ0v) is 15.6. The molecule has 0 fully saturated rings. The Labute approximate surface area is 158 Å². The summed E-state index contributed by atoms with van der Waals surface area (Å²) in [5.74, 6) is -1.58. The van der Waals surface area contributed by atoms with Gasteiger partial charge in [0, 0.05) is 41.3 Å². The molecule has 4 N–H and O–H groups in total. The Hall–Kier alpha value is -2.80. The number of nitrogens with zero attached hydrogens (tertiary/aromatic N) is 1. The maximum atomic E-state index is 9.55. The van der Waals surface area contributed by atoms with E-state index in [0.29, 0.717) is 12.2 Å². The highest BCUT2D eigenvalue weighted by atomic mass is 16.5. The number of methoxy groups -OCH3 is 1. The van der Waals surface area contributed by atoms with Crippen LogP contribution in [-0.4, -0.2) is 39.9 Å². The summed E-state index contributed by atoms with van der Waals surface area (Å²) in [6.07, 6.45) is 5.82. The standard InChI is InChI=1S/C16H22N2O.C4H4O4/c1-11(17)9-13-14-10-12(19-2)6-7-16(14)18-8-4-3-5-15(13)18;5-3(6)1-2-4(7)8/h6-7,10-11H,3-5,8-9,17H2,1-2H3;1-2H,(H,5,6)(H,7,8)/b;2-1+. The Morgan fingerprint density at radius 1 is 1.26 bits per heavy atom. The van der Waals surface area contributed by atoms with E-state index in [4.69, 9.17) is 20.7 Å². The molecule has 7 nitrogen and oxygen atoms in total. The van der Waals surface area contributed by atoms with Crippen LogP contribution in [0.2, 0.25) is 0 Å². The molecule has 2 aromatic rings. The molecule has 0 bridgehead atoms. The molecule has 146 valence electrons. The first-order valence-corrected chi connectivity index (χ1v) is 8.91. The number of aliphatic carboxylic acids is 2. The highest BCUT2D eigenvalue weighted by molar-refractivity contribution is 5.89. The predicted octanol–water partition coefficient (Wildman–Crippen LogP) is 2.59. The van der Waals surface area contributed by atoms with E-state index in [1.165, 1.54) is 41.4 Å². The van der Waals surface area contributed by atoms with Crippen molar-refractivity contribution in [3.63, 3.8) is 0 Å². The van der Waals surface area contributed by atoms with Crippen molar-refractivity contribution in [2.24, 2.45) is 5.73 Å². The van der Waals surface area contributed by atoms with Crippen LogP contribution in [0.5, 0.6) is 5.75 Å². The molecular weight excluding hydrogens is 348 g/mol. The molecule has 0 spiro atoms. The van der Waals surface area contributed by atoms with Gasteiger partial charge in [0.1, 0.15) is 5.75 Å². The number of fused-ring (bicyclic) bond motifs is 3. The van der Waals surface area contributed by atoms with E-state index >= 15 is 0 Å². The molecule has 1 aromatic heterocycles. The number of benzene rings is 1. The third-order valence-electron chi connectivity index (χ3n) is 4.43. The van der Waals surface area contributed by atoms with Crippen LogP contribution in [0.4, 0.5) is 0 Å². The number of carbonyl (C=O) groups is 2. The monoisotopic (exact) mass is 374 g/mol. The molecule has 0 radical (unpaired) electrons. The van der Waals surface area contributed by atoms with Crippen LogP contribution in [0.1, 0.15) is 31.0 Å². The summed E-state index contributed by atoms with van der Waals surface area (Å²) in [5, 5.41) is 17.0. The largest absolute Gasteiger partial charge is 0.497 e. The minimum absolute atomic E-state index is 0.198. The Balaban J connectivity index is 0.000000279. The number of nitrogens with two attached hydrogens (primary N) is 1. The molecule has 1 aliphatic heterocycles. The number of hydrogen-bond acceptors (Lipinski definition) is 4. The molecule has 1 aliphatic rings. The first-order chi connectivity index (χ1) is 12.8. The van der Waals surface area contributed by atoms with Gasteiger partial charge >= 0.3 is 11.9 Å². The normalized spacial score (nSPS) is 14.3. The van der Waals surface area contributed by atoms with Crippen molar-refractivity contribution in [1.29, 1.82) is 0 Å². The quantitative estimate of drug-likeness (QED) is 0.693. The number of aromatic nitrogens is 1. The second kappa shape index (κ2) is 9.23. The highest BCUT2D eigenvalue weighted by Crippen LogP contribution is 2.33. The Kier molecular flexibility index (Phi) is 7.01. The van der Waals surface area contributed by atoms with E-state index in [1.54, 1.807) is 7.11 Å². The summed E-state index contributed by atoms with van der Waals surface area (Å²) in [6.45, 7) is 3.22. The summed E-state index contributed by atoms with van der Waals surface area (Å²) < 4.78 is 7.86. The molecule has 1 aromatic carbocycles. The van der Waals surface area contributed by atoms with Crippen LogP contribution in [0.25, 0.3) is 10.9 Å². The molecule has 0 amide bonds. The number of carboxylic acid groups (broad SMARTS) is 2. The lowest BCUT2D eigenvalue weighted by molar-refractivity contribution is -0.134. The zero-order valence-electron chi connectivity index (χ0n) is 15.6. The number of carboxylic acids is 2. The van der Waals surface area contributed by atoms with Gasteiger partial charge in [0.2, 0.25) is 0 Å². The fourth-order valence-electron chi connectivity index (χ4n) is 3.38. The van der Waals surface area contributed by atoms with Gasteiger partial charge in [-0.15, -0.1) is 0 Å². The van der Waals surface area contributed by atoms with Crippen molar-refractivity contribution in [2.45, 2.75) is 45.2 Å². The Bertz CT molecular complexity index is 836. The van der Waals surface area contributed by atoms with Crippen molar-refractivity contribution in [1.82, 2.24) is 4.57 Å². The molecule has 1 unspecified atom stereocenters. The van der Waals surface area contributed by atoms with Gasteiger partial charge in [0.05, 0.1) is 7.11 Å². The molecular formula is C20H26N2O5. The van der Waals surface area contributed by atoms with E-state index in [0.717, 1.165) is 18.7 Å². The van der Waals surface area contributed by atoms with Crippen LogP contribution < -0.4 is 10.5 Å². The van der Waals surface area contributed by atoms with E-state index in [2.05, 4.69) is 29.7 Å². The van der Waals surface area contributed by atoms with Gasteiger partial charge in [-0.2, -0.15) is 0 Å². The van der Waals surface area contributed by atoms with Crippen LogP contribution in [-0.2, 0) is 29.0 Å². The molecule has 0 saturated carbocycles. The summed E-state index contributed by atoms with van der Waals surface area (Å²) >= 11 is 0. The lowest BCUT2D eigenvalue weighted by Gasteiger charge is -2.17. The van der Waals surface area contributed by atoms with E-state index < -0.39 is 11.9 Å². The first kappa shape index (κ1) is 20.5. The van der Waals surface area contributed by atoms with Gasteiger partial charge < -0.3 is 25.3 Å².